The number of carbonyl (C=O) groups is 1. The summed E-state index contributed by atoms with van der Waals surface area (Å²) in [5, 5.41) is 7.33. The van der Waals surface area contributed by atoms with Crippen molar-refractivity contribution in [2.45, 2.75) is 33.9 Å². The fourth-order valence-corrected chi connectivity index (χ4v) is 2.87. The summed E-state index contributed by atoms with van der Waals surface area (Å²) in [7, 11) is 0. The van der Waals surface area contributed by atoms with Crippen LogP contribution < -0.4 is 5.32 Å². The van der Waals surface area contributed by atoms with E-state index in [0.29, 0.717) is 18.7 Å². The van der Waals surface area contributed by atoms with Gasteiger partial charge in [-0.05, 0) is 32.9 Å². The lowest BCUT2D eigenvalue weighted by Crippen LogP contribution is -2.24. The monoisotopic (exact) mass is 323 g/mol. The van der Waals surface area contributed by atoms with Gasteiger partial charge in [-0.25, -0.2) is 4.98 Å². The van der Waals surface area contributed by atoms with Gasteiger partial charge in [-0.3, -0.25) is 9.48 Å². The van der Waals surface area contributed by atoms with Gasteiger partial charge in [0.1, 0.15) is 5.65 Å². The van der Waals surface area contributed by atoms with E-state index in [-0.39, 0.29) is 5.91 Å². The number of nitrogens with one attached hydrogen (secondary N) is 1. The molecule has 0 unspecified atom stereocenters. The van der Waals surface area contributed by atoms with E-state index in [2.05, 4.69) is 22.0 Å². The average molecular weight is 323 g/mol. The Bertz CT molecular complexity index is 919. The van der Waals surface area contributed by atoms with Crippen LogP contribution in [0, 0.1) is 20.8 Å². The second kappa shape index (κ2) is 6.31. The number of aryl methyl sites for hydroxylation is 2. The molecule has 0 bridgehead atoms. The summed E-state index contributed by atoms with van der Waals surface area (Å²) in [6, 6.07) is 5.95. The maximum atomic E-state index is 12.5. The number of pyridine rings is 1. The minimum Gasteiger partial charge on any atom is -0.346 e. The third kappa shape index (κ3) is 2.82. The maximum absolute atomic E-state index is 12.5. The van der Waals surface area contributed by atoms with Gasteiger partial charge in [0.05, 0.1) is 30.0 Å². The second-order valence-electron chi connectivity index (χ2n) is 5.83. The van der Waals surface area contributed by atoms with Gasteiger partial charge >= 0.3 is 0 Å². The Hall–Kier alpha value is -2.89. The summed E-state index contributed by atoms with van der Waals surface area (Å²) >= 11 is 0. The van der Waals surface area contributed by atoms with Crippen LogP contribution in [-0.4, -0.2) is 25.1 Å². The van der Waals surface area contributed by atoms with Gasteiger partial charge in [-0.1, -0.05) is 12.1 Å². The predicted octanol–water partition coefficient (Wildman–Crippen LogP) is 2.57. The van der Waals surface area contributed by atoms with Crippen LogP contribution in [0.25, 0.3) is 5.65 Å². The number of imidazole rings is 1. The molecule has 6 nitrogen and oxygen atoms in total. The first-order valence-corrected chi connectivity index (χ1v) is 7.88. The van der Waals surface area contributed by atoms with Gasteiger partial charge in [0, 0.05) is 17.6 Å². The van der Waals surface area contributed by atoms with Gasteiger partial charge in [0.15, 0.2) is 0 Å². The zero-order valence-electron chi connectivity index (χ0n) is 14.2. The highest BCUT2D eigenvalue weighted by Crippen LogP contribution is 2.14. The number of rotatable bonds is 5. The van der Waals surface area contributed by atoms with Crippen LogP contribution in [0.5, 0.6) is 0 Å². The second-order valence-corrected chi connectivity index (χ2v) is 5.83. The standard InChI is InChI=1S/C18H21N5O/c1-5-9-23-14(4)17(13(3)21-23)18(24)19-10-15-11-22-12(2)7-6-8-16(22)20-15/h5-8,11H,1,9-10H2,2-4H3,(H,19,24). The van der Waals surface area contributed by atoms with E-state index in [1.165, 1.54) is 0 Å². The molecule has 3 heterocycles. The predicted molar refractivity (Wildman–Crippen MR) is 93.0 cm³/mol. The quantitative estimate of drug-likeness (QED) is 0.734. The summed E-state index contributed by atoms with van der Waals surface area (Å²) in [5.74, 6) is -0.130. The van der Waals surface area contributed by atoms with Crippen molar-refractivity contribution >= 4 is 11.6 Å². The first-order valence-electron chi connectivity index (χ1n) is 7.88. The Kier molecular flexibility index (Phi) is 4.20. The lowest BCUT2D eigenvalue weighted by molar-refractivity contribution is 0.0949. The smallest absolute Gasteiger partial charge is 0.255 e. The summed E-state index contributed by atoms with van der Waals surface area (Å²) in [6.07, 6.45) is 3.71. The third-order valence-corrected chi connectivity index (χ3v) is 4.09. The lowest BCUT2D eigenvalue weighted by atomic mass is 10.2. The number of hydrogen-bond donors (Lipinski definition) is 1. The number of aromatic nitrogens is 4. The number of hydrogen-bond acceptors (Lipinski definition) is 3. The Morgan fingerprint density at radius 2 is 2.12 bits per heavy atom. The number of fused-ring (bicyclic) bond motifs is 1. The Balaban J connectivity index is 1.77. The molecular weight excluding hydrogens is 302 g/mol. The maximum Gasteiger partial charge on any atom is 0.255 e. The van der Waals surface area contributed by atoms with Crippen molar-refractivity contribution in [2.24, 2.45) is 0 Å². The molecule has 0 aliphatic carbocycles. The van der Waals surface area contributed by atoms with E-state index in [0.717, 1.165) is 28.4 Å². The molecule has 24 heavy (non-hydrogen) atoms. The van der Waals surface area contributed by atoms with Crippen molar-refractivity contribution in [1.29, 1.82) is 0 Å². The van der Waals surface area contributed by atoms with Crippen LogP contribution in [0.1, 0.15) is 33.1 Å². The molecule has 0 saturated heterocycles. The highest BCUT2D eigenvalue weighted by molar-refractivity contribution is 5.96. The Morgan fingerprint density at radius 3 is 2.83 bits per heavy atom. The molecule has 3 rings (SSSR count). The van der Waals surface area contributed by atoms with E-state index in [1.807, 2.05) is 49.6 Å². The molecule has 124 valence electrons. The molecule has 3 aromatic heterocycles. The summed E-state index contributed by atoms with van der Waals surface area (Å²) in [6.45, 7) is 10.4. The zero-order valence-corrected chi connectivity index (χ0v) is 14.2. The summed E-state index contributed by atoms with van der Waals surface area (Å²) in [5.41, 5.74) is 5.00. The SMILES string of the molecule is C=CCn1nc(C)c(C(=O)NCc2cn3c(C)cccc3n2)c1C. The van der Waals surface area contributed by atoms with E-state index >= 15 is 0 Å². The molecule has 3 aromatic rings. The average Bonchev–Trinajstić information content (AvgIpc) is 3.08. The van der Waals surface area contributed by atoms with Gasteiger partial charge in [0.2, 0.25) is 0 Å². The van der Waals surface area contributed by atoms with Crippen molar-refractivity contribution in [3.05, 3.63) is 65.4 Å². The molecular formula is C18H21N5O. The first kappa shape index (κ1) is 16.0. The van der Waals surface area contributed by atoms with Crippen molar-refractivity contribution in [3.63, 3.8) is 0 Å². The van der Waals surface area contributed by atoms with E-state index < -0.39 is 0 Å². The summed E-state index contributed by atoms with van der Waals surface area (Å²) < 4.78 is 3.80. The highest BCUT2D eigenvalue weighted by Gasteiger charge is 2.18. The highest BCUT2D eigenvalue weighted by atomic mass is 16.1. The summed E-state index contributed by atoms with van der Waals surface area (Å²) in [4.78, 5) is 17.1. The molecule has 0 fully saturated rings. The Labute approximate surface area is 140 Å². The van der Waals surface area contributed by atoms with Crippen LogP contribution in [0.2, 0.25) is 0 Å². The molecule has 0 aliphatic heterocycles. The van der Waals surface area contributed by atoms with E-state index in [9.17, 15) is 4.79 Å². The molecule has 0 aliphatic rings. The largest absolute Gasteiger partial charge is 0.346 e. The normalized spacial score (nSPS) is 11.0. The molecule has 0 atom stereocenters. The van der Waals surface area contributed by atoms with Crippen molar-refractivity contribution in [1.82, 2.24) is 24.5 Å². The lowest BCUT2D eigenvalue weighted by Gasteiger charge is -2.04. The minimum atomic E-state index is -0.130. The van der Waals surface area contributed by atoms with Crippen LogP contribution >= 0.6 is 0 Å². The number of nitrogens with zero attached hydrogens (tertiary/aromatic N) is 4. The number of amides is 1. The fourth-order valence-electron chi connectivity index (χ4n) is 2.87. The van der Waals surface area contributed by atoms with E-state index in [4.69, 9.17) is 0 Å². The minimum absolute atomic E-state index is 0.130. The van der Waals surface area contributed by atoms with Gasteiger partial charge in [-0.2, -0.15) is 5.10 Å². The zero-order chi connectivity index (χ0) is 17.3. The van der Waals surface area contributed by atoms with Crippen LogP contribution in [-0.2, 0) is 13.1 Å². The third-order valence-electron chi connectivity index (χ3n) is 4.09. The number of carbonyl (C=O) groups excluding carboxylic acids is 1. The number of allylic oxidation sites excluding steroid dienone is 1. The van der Waals surface area contributed by atoms with Gasteiger partial charge < -0.3 is 9.72 Å². The molecule has 1 amide bonds. The van der Waals surface area contributed by atoms with Crippen LogP contribution in [0.15, 0.2) is 37.1 Å². The Morgan fingerprint density at radius 1 is 1.33 bits per heavy atom. The topological polar surface area (TPSA) is 64.2 Å². The molecule has 0 radical (unpaired) electrons. The van der Waals surface area contributed by atoms with Crippen LogP contribution in [0.4, 0.5) is 0 Å². The van der Waals surface area contributed by atoms with Crippen molar-refractivity contribution in [3.8, 4) is 0 Å². The molecule has 1 N–H and O–H groups in total. The fraction of sp³-hybridized carbons (Fsp3) is 0.278. The van der Waals surface area contributed by atoms with E-state index in [1.54, 1.807) is 10.8 Å². The molecule has 0 saturated carbocycles. The van der Waals surface area contributed by atoms with Crippen molar-refractivity contribution in [2.75, 3.05) is 0 Å². The van der Waals surface area contributed by atoms with Crippen molar-refractivity contribution < 1.29 is 4.79 Å². The molecule has 6 heteroatoms. The van der Waals surface area contributed by atoms with Gasteiger partial charge in [0.25, 0.3) is 5.91 Å². The van der Waals surface area contributed by atoms with Gasteiger partial charge in [-0.15, -0.1) is 6.58 Å². The van der Waals surface area contributed by atoms with Crippen LogP contribution in [0.3, 0.4) is 0 Å². The molecule has 0 spiro atoms. The first-order chi connectivity index (χ1) is 11.5. The molecule has 0 aromatic carbocycles.